The van der Waals surface area contributed by atoms with Gasteiger partial charge in [-0.25, -0.2) is 0 Å². The minimum atomic E-state index is 0. The summed E-state index contributed by atoms with van der Waals surface area (Å²) in [5.74, 6) is 0.0105. The number of anilines is 4. The van der Waals surface area contributed by atoms with E-state index in [1.807, 2.05) is 50.4 Å². The molecule has 36 heavy (non-hydrogen) atoms. The van der Waals surface area contributed by atoms with Crippen molar-refractivity contribution in [3.05, 3.63) is 140 Å². The molecule has 0 aromatic heterocycles. The van der Waals surface area contributed by atoms with Crippen molar-refractivity contribution in [1.29, 1.82) is 0 Å². The van der Waals surface area contributed by atoms with Gasteiger partial charge >= 0.3 is 29.6 Å². The average molecular weight is 481 g/mol. The molecule has 0 aliphatic heterocycles. The first-order valence-corrected chi connectivity index (χ1v) is 11.6. The first-order valence-electron chi connectivity index (χ1n) is 11.6. The summed E-state index contributed by atoms with van der Waals surface area (Å²) in [6, 6.07) is 34.2. The van der Waals surface area contributed by atoms with Gasteiger partial charge in [-0.3, -0.25) is 0 Å². The largest absolute Gasteiger partial charge is 1.00 e. The van der Waals surface area contributed by atoms with E-state index < -0.39 is 0 Å². The molecule has 0 heterocycles. The van der Waals surface area contributed by atoms with Crippen LogP contribution in [0.5, 0.6) is 5.75 Å². The number of hydrogen-bond donors (Lipinski definition) is 0. The van der Waals surface area contributed by atoms with E-state index in [0.717, 1.165) is 34.0 Å². The Bertz CT molecular complexity index is 1330. The van der Waals surface area contributed by atoms with Crippen LogP contribution in [0.4, 0.5) is 22.7 Å². The molecule has 0 saturated heterocycles. The molecule has 0 saturated carbocycles. The molecule has 0 aliphatic rings. The molecule has 0 bridgehead atoms. The normalized spacial score (nSPS) is 11.1. The Morgan fingerprint density at radius 3 is 1.92 bits per heavy atom. The quantitative estimate of drug-likeness (QED) is 0.263. The fraction of sp³-hybridized carbons (Fsp3) is 0.0625. The zero-order chi connectivity index (χ0) is 24.6. The van der Waals surface area contributed by atoms with Crippen LogP contribution in [-0.4, -0.2) is 7.05 Å². The van der Waals surface area contributed by atoms with E-state index in [9.17, 15) is 5.11 Å². The predicted octanol–water partition coefficient (Wildman–Crippen LogP) is 4.98. The second-order valence-corrected chi connectivity index (χ2v) is 8.15. The van der Waals surface area contributed by atoms with Crippen molar-refractivity contribution in [2.75, 3.05) is 16.8 Å². The molecule has 0 atom stereocenters. The molecule has 0 aliphatic carbocycles. The Labute approximate surface area is 236 Å². The molecule has 174 valence electrons. The summed E-state index contributed by atoms with van der Waals surface area (Å²) in [5, 5.41) is 11.5. The van der Waals surface area contributed by atoms with Gasteiger partial charge in [-0.15, -0.1) is 5.75 Å². The number of hydrogen-bond acceptors (Lipinski definition) is 3. The minimum Gasteiger partial charge on any atom is -0.872 e. The van der Waals surface area contributed by atoms with Gasteiger partial charge < -0.3 is 14.9 Å². The SMILES string of the molecule is C=C/C=C(\C=C/C)N(c1ccc(N(C)c2ccc([O-])cc2)cc1)c1cccc(-c2ccccc2)c1.[Na+]. The summed E-state index contributed by atoms with van der Waals surface area (Å²) in [6.07, 6.45) is 7.94. The second-order valence-electron chi connectivity index (χ2n) is 8.15. The third-order valence-corrected chi connectivity index (χ3v) is 5.81. The molecule has 0 amide bonds. The second kappa shape index (κ2) is 13.0. The molecule has 4 aromatic rings. The topological polar surface area (TPSA) is 29.5 Å². The van der Waals surface area contributed by atoms with Crippen molar-refractivity contribution in [2.45, 2.75) is 6.92 Å². The Morgan fingerprint density at radius 2 is 1.31 bits per heavy atom. The summed E-state index contributed by atoms with van der Waals surface area (Å²) >= 11 is 0. The van der Waals surface area contributed by atoms with Gasteiger partial charge in [-0.2, -0.15) is 0 Å². The minimum absolute atomic E-state index is 0. The molecule has 0 unspecified atom stereocenters. The van der Waals surface area contributed by atoms with E-state index in [4.69, 9.17) is 0 Å². The Balaban J connectivity index is 0.00000361. The van der Waals surface area contributed by atoms with E-state index >= 15 is 0 Å². The van der Waals surface area contributed by atoms with Crippen molar-refractivity contribution < 1.29 is 34.7 Å². The van der Waals surface area contributed by atoms with Crippen LogP contribution in [0.15, 0.2) is 140 Å². The van der Waals surface area contributed by atoms with Gasteiger partial charge in [0.25, 0.3) is 0 Å². The van der Waals surface area contributed by atoms with E-state index in [1.165, 1.54) is 5.56 Å². The van der Waals surface area contributed by atoms with Crippen LogP contribution in [-0.2, 0) is 0 Å². The van der Waals surface area contributed by atoms with Gasteiger partial charge in [-0.1, -0.05) is 73.3 Å². The molecule has 4 rings (SSSR count). The first-order chi connectivity index (χ1) is 17.1. The van der Waals surface area contributed by atoms with Gasteiger partial charge in [0.2, 0.25) is 0 Å². The Morgan fingerprint density at radius 1 is 0.722 bits per heavy atom. The zero-order valence-corrected chi connectivity index (χ0v) is 23.1. The van der Waals surface area contributed by atoms with Gasteiger partial charge in [0.1, 0.15) is 0 Å². The van der Waals surface area contributed by atoms with Crippen LogP contribution >= 0.6 is 0 Å². The van der Waals surface area contributed by atoms with Crippen molar-refractivity contribution >= 4 is 22.7 Å². The fourth-order valence-electron chi connectivity index (χ4n) is 4.04. The summed E-state index contributed by atoms with van der Waals surface area (Å²) in [7, 11) is 2.00. The van der Waals surface area contributed by atoms with Crippen molar-refractivity contribution in [3.63, 3.8) is 0 Å². The van der Waals surface area contributed by atoms with E-state index in [2.05, 4.69) is 95.3 Å². The monoisotopic (exact) mass is 480 g/mol. The van der Waals surface area contributed by atoms with Crippen LogP contribution in [0.25, 0.3) is 11.1 Å². The van der Waals surface area contributed by atoms with E-state index in [1.54, 1.807) is 12.1 Å². The number of rotatable bonds is 8. The predicted molar refractivity (Wildman–Crippen MR) is 148 cm³/mol. The van der Waals surface area contributed by atoms with Crippen molar-refractivity contribution in [3.8, 4) is 16.9 Å². The Hall–Kier alpha value is -3.50. The van der Waals surface area contributed by atoms with Crippen molar-refractivity contribution in [1.82, 2.24) is 0 Å². The maximum Gasteiger partial charge on any atom is 1.00 e. The third-order valence-electron chi connectivity index (χ3n) is 5.81. The van der Waals surface area contributed by atoms with E-state index in [0.29, 0.717) is 0 Å². The van der Waals surface area contributed by atoms with Crippen LogP contribution in [0.1, 0.15) is 6.92 Å². The molecule has 4 heteroatoms. The molecule has 0 fully saturated rings. The van der Waals surface area contributed by atoms with Gasteiger partial charge in [0, 0.05) is 35.5 Å². The van der Waals surface area contributed by atoms with Gasteiger partial charge in [-0.05, 0) is 78.7 Å². The standard InChI is InChI=1S/C32H30N2O.Na/c1-4-10-29(11-5-2)34(31-15-9-14-26(24-31)25-12-7-6-8-13-25)30-18-16-27(17-19-30)33(3)28-20-22-32(35)23-21-28;/h4-24,35H,1H2,2-3H3;/q;+1/p-1/b11-5-,29-10+;. The zero-order valence-electron chi connectivity index (χ0n) is 21.1. The summed E-state index contributed by atoms with van der Waals surface area (Å²) in [6.45, 7) is 5.94. The molecule has 3 nitrogen and oxygen atoms in total. The summed E-state index contributed by atoms with van der Waals surface area (Å²) in [4.78, 5) is 4.29. The number of nitrogens with zero attached hydrogens (tertiary/aromatic N) is 2. The van der Waals surface area contributed by atoms with E-state index in [-0.39, 0.29) is 35.3 Å². The number of allylic oxidation sites excluding steroid dienone is 4. The third kappa shape index (κ3) is 6.38. The summed E-state index contributed by atoms with van der Waals surface area (Å²) < 4.78 is 0. The molecule has 4 aromatic carbocycles. The first kappa shape index (κ1) is 27.1. The smallest absolute Gasteiger partial charge is 0.872 e. The van der Waals surface area contributed by atoms with Crippen LogP contribution < -0.4 is 44.5 Å². The molecule has 0 radical (unpaired) electrons. The maximum atomic E-state index is 11.5. The number of benzene rings is 4. The van der Waals surface area contributed by atoms with Crippen molar-refractivity contribution in [2.24, 2.45) is 0 Å². The fourth-order valence-corrected chi connectivity index (χ4v) is 4.04. The van der Waals surface area contributed by atoms with Crippen LogP contribution in [0, 0.1) is 0 Å². The van der Waals surface area contributed by atoms with Crippen LogP contribution in [0.2, 0.25) is 0 Å². The molecular formula is C32H29N2NaO. The van der Waals surface area contributed by atoms with Gasteiger partial charge in [0.05, 0.1) is 0 Å². The summed E-state index contributed by atoms with van der Waals surface area (Å²) in [5.41, 5.74) is 7.44. The van der Waals surface area contributed by atoms with Crippen LogP contribution in [0.3, 0.4) is 0 Å². The Kier molecular flexibility index (Phi) is 9.77. The molecule has 0 spiro atoms. The maximum absolute atomic E-state index is 11.5. The van der Waals surface area contributed by atoms with Gasteiger partial charge in [0.15, 0.2) is 0 Å². The average Bonchev–Trinajstić information content (AvgIpc) is 2.90. The molecule has 0 N–H and O–H groups in total. The molecular weight excluding hydrogens is 451 g/mol.